The van der Waals surface area contributed by atoms with E-state index in [1.807, 2.05) is 0 Å². The number of nitrogens with zero attached hydrogens (tertiary/aromatic N) is 1. The summed E-state index contributed by atoms with van der Waals surface area (Å²) < 4.78 is 0. The third-order valence-corrected chi connectivity index (χ3v) is 4.73. The first-order valence-corrected chi connectivity index (χ1v) is 7.20. The van der Waals surface area contributed by atoms with Crippen LogP contribution in [0.25, 0.3) is 10.9 Å². The highest BCUT2D eigenvalue weighted by Gasteiger charge is 2.40. The Morgan fingerprint density at radius 1 is 1.43 bits per heavy atom. The zero-order valence-electron chi connectivity index (χ0n) is 12.2. The van der Waals surface area contributed by atoms with Gasteiger partial charge in [0.2, 0.25) is 0 Å². The molecule has 3 rings (SSSR count). The van der Waals surface area contributed by atoms with Gasteiger partial charge in [0.05, 0.1) is 4.92 Å². The number of aromatic amines is 1. The standard InChI is InChI=1S/C16H18N2O3/c1-16(2)8-4-6-12(16)15(19)11-9-17-14-10(11)5-3-7-13(14)18(20)21/h3,5,7,9,12,17H,4,6,8H2,1-2H3. The van der Waals surface area contributed by atoms with Crippen molar-refractivity contribution in [2.45, 2.75) is 33.1 Å². The number of rotatable bonds is 3. The average Bonchev–Trinajstić information content (AvgIpc) is 3.00. The lowest BCUT2D eigenvalue weighted by Crippen LogP contribution is -2.25. The van der Waals surface area contributed by atoms with Crippen LogP contribution in [0, 0.1) is 21.4 Å². The molecule has 1 saturated carbocycles. The van der Waals surface area contributed by atoms with E-state index in [1.54, 1.807) is 18.3 Å². The van der Waals surface area contributed by atoms with Gasteiger partial charge in [-0.3, -0.25) is 14.9 Å². The number of aromatic nitrogens is 1. The van der Waals surface area contributed by atoms with Crippen LogP contribution in [0.3, 0.4) is 0 Å². The molecule has 0 aliphatic heterocycles. The fraction of sp³-hybridized carbons (Fsp3) is 0.438. The van der Waals surface area contributed by atoms with E-state index >= 15 is 0 Å². The Bertz CT molecular complexity index is 730. The van der Waals surface area contributed by atoms with Crippen molar-refractivity contribution in [2.75, 3.05) is 0 Å². The molecule has 1 heterocycles. The molecule has 2 aromatic rings. The molecule has 0 spiro atoms. The van der Waals surface area contributed by atoms with Crippen molar-refractivity contribution in [2.24, 2.45) is 11.3 Å². The van der Waals surface area contributed by atoms with Crippen LogP contribution in [0.15, 0.2) is 24.4 Å². The van der Waals surface area contributed by atoms with E-state index in [0.717, 1.165) is 19.3 Å². The summed E-state index contributed by atoms with van der Waals surface area (Å²) in [5, 5.41) is 11.7. The van der Waals surface area contributed by atoms with Crippen molar-refractivity contribution in [1.82, 2.24) is 4.98 Å². The van der Waals surface area contributed by atoms with Crippen LogP contribution in [0.5, 0.6) is 0 Å². The molecule has 1 aliphatic rings. The smallest absolute Gasteiger partial charge is 0.293 e. The summed E-state index contributed by atoms with van der Waals surface area (Å²) in [7, 11) is 0. The second-order valence-electron chi connectivity index (χ2n) is 6.46. The van der Waals surface area contributed by atoms with Crippen molar-refractivity contribution in [3.63, 3.8) is 0 Å². The summed E-state index contributed by atoms with van der Waals surface area (Å²) >= 11 is 0. The molecule has 1 aromatic heterocycles. The van der Waals surface area contributed by atoms with Gasteiger partial charge in [-0.25, -0.2) is 0 Å². The number of nitrogens with one attached hydrogen (secondary N) is 1. The molecule has 1 aromatic carbocycles. The summed E-state index contributed by atoms with van der Waals surface area (Å²) in [6.45, 7) is 4.25. The predicted molar refractivity (Wildman–Crippen MR) is 80.4 cm³/mol. The van der Waals surface area contributed by atoms with Gasteiger partial charge in [0, 0.05) is 29.1 Å². The number of Topliss-reactive ketones (excluding diaryl/α,β-unsaturated/α-hetero) is 1. The number of ketones is 1. The van der Waals surface area contributed by atoms with E-state index in [0.29, 0.717) is 16.5 Å². The molecule has 5 heteroatoms. The minimum Gasteiger partial charge on any atom is -0.355 e. The summed E-state index contributed by atoms with van der Waals surface area (Å²) in [6, 6.07) is 4.85. The highest BCUT2D eigenvalue weighted by Crippen LogP contribution is 2.45. The highest BCUT2D eigenvalue weighted by atomic mass is 16.6. The molecule has 21 heavy (non-hydrogen) atoms. The van der Waals surface area contributed by atoms with E-state index in [-0.39, 0.29) is 22.8 Å². The number of fused-ring (bicyclic) bond motifs is 1. The van der Waals surface area contributed by atoms with Crippen molar-refractivity contribution < 1.29 is 9.72 Å². The SMILES string of the molecule is CC1(C)CCCC1C(=O)c1c[nH]c2c([N+](=O)[O-])cccc12. The molecule has 1 aliphatic carbocycles. The molecule has 1 N–H and O–H groups in total. The lowest BCUT2D eigenvalue weighted by Gasteiger charge is -2.25. The van der Waals surface area contributed by atoms with Crippen LogP contribution in [0.1, 0.15) is 43.5 Å². The Hall–Kier alpha value is -2.17. The molecule has 1 unspecified atom stereocenters. The van der Waals surface area contributed by atoms with Gasteiger partial charge in [0.1, 0.15) is 5.52 Å². The molecule has 0 bridgehead atoms. The Labute approximate surface area is 122 Å². The minimum absolute atomic E-state index is 0.00138. The van der Waals surface area contributed by atoms with Gasteiger partial charge in [0.15, 0.2) is 5.78 Å². The van der Waals surface area contributed by atoms with Gasteiger partial charge in [0.25, 0.3) is 5.69 Å². The van der Waals surface area contributed by atoms with Gasteiger partial charge < -0.3 is 4.98 Å². The Balaban J connectivity index is 2.08. The summed E-state index contributed by atoms with van der Waals surface area (Å²) in [5.74, 6) is 0.0972. The monoisotopic (exact) mass is 286 g/mol. The van der Waals surface area contributed by atoms with Crippen molar-refractivity contribution in [3.05, 3.63) is 40.1 Å². The fourth-order valence-corrected chi connectivity index (χ4v) is 3.49. The van der Waals surface area contributed by atoms with E-state index in [2.05, 4.69) is 18.8 Å². The number of non-ortho nitro benzene ring substituents is 1. The van der Waals surface area contributed by atoms with Gasteiger partial charge in [-0.1, -0.05) is 32.4 Å². The fourth-order valence-electron chi connectivity index (χ4n) is 3.49. The topological polar surface area (TPSA) is 76.0 Å². The van der Waals surface area contributed by atoms with Crippen molar-refractivity contribution >= 4 is 22.4 Å². The number of hydrogen-bond acceptors (Lipinski definition) is 3. The average molecular weight is 286 g/mol. The van der Waals surface area contributed by atoms with E-state index in [9.17, 15) is 14.9 Å². The third kappa shape index (κ3) is 2.13. The number of para-hydroxylation sites is 1. The summed E-state index contributed by atoms with van der Waals surface area (Å²) in [4.78, 5) is 26.4. The molecular weight excluding hydrogens is 268 g/mol. The quantitative estimate of drug-likeness (QED) is 0.524. The maximum absolute atomic E-state index is 12.8. The first-order chi connectivity index (χ1) is 9.92. The number of nitro benzene ring substituents is 1. The van der Waals surface area contributed by atoms with Gasteiger partial charge in [-0.2, -0.15) is 0 Å². The van der Waals surface area contributed by atoms with E-state index in [1.165, 1.54) is 6.07 Å². The largest absolute Gasteiger partial charge is 0.355 e. The molecular formula is C16H18N2O3. The van der Waals surface area contributed by atoms with Crippen LogP contribution >= 0.6 is 0 Å². The number of carbonyl (C=O) groups is 1. The number of nitro groups is 1. The van der Waals surface area contributed by atoms with Crippen LogP contribution in [0.4, 0.5) is 5.69 Å². The lowest BCUT2D eigenvalue weighted by atomic mass is 9.77. The Morgan fingerprint density at radius 2 is 2.19 bits per heavy atom. The van der Waals surface area contributed by atoms with Crippen LogP contribution in [-0.4, -0.2) is 15.7 Å². The molecule has 1 atom stereocenters. The Kier molecular flexibility index (Phi) is 3.08. The number of carbonyl (C=O) groups excluding carboxylic acids is 1. The second-order valence-corrected chi connectivity index (χ2v) is 6.46. The predicted octanol–water partition coefficient (Wildman–Crippen LogP) is 4.09. The van der Waals surface area contributed by atoms with Gasteiger partial charge >= 0.3 is 0 Å². The molecule has 0 amide bonds. The first kappa shape index (κ1) is 13.8. The summed E-state index contributed by atoms with van der Waals surface area (Å²) in [6.07, 6.45) is 4.62. The third-order valence-electron chi connectivity index (χ3n) is 4.73. The Morgan fingerprint density at radius 3 is 2.81 bits per heavy atom. The van der Waals surface area contributed by atoms with Crippen molar-refractivity contribution in [3.8, 4) is 0 Å². The van der Waals surface area contributed by atoms with E-state index < -0.39 is 4.92 Å². The number of H-pyrrole nitrogens is 1. The molecule has 0 saturated heterocycles. The maximum Gasteiger partial charge on any atom is 0.293 e. The highest BCUT2D eigenvalue weighted by molar-refractivity contribution is 6.10. The van der Waals surface area contributed by atoms with Gasteiger partial charge in [-0.15, -0.1) is 0 Å². The number of benzene rings is 1. The molecule has 5 nitrogen and oxygen atoms in total. The lowest BCUT2D eigenvalue weighted by molar-refractivity contribution is -0.383. The normalized spacial score (nSPS) is 20.8. The zero-order valence-corrected chi connectivity index (χ0v) is 12.2. The minimum atomic E-state index is -0.424. The van der Waals surface area contributed by atoms with Crippen molar-refractivity contribution in [1.29, 1.82) is 0 Å². The molecule has 1 fully saturated rings. The van der Waals surface area contributed by atoms with Crippen LogP contribution in [-0.2, 0) is 0 Å². The van der Waals surface area contributed by atoms with Crippen LogP contribution in [0.2, 0.25) is 0 Å². The van der Waals surface area contributed by atoms with E-state index in [4.69, 9.17) is 0 Å². The first-order valence-electron chi connectivity index (χ1n) is 7.20. The molecule has 0 radical (unpaired) electrons. The molecule has 110 valence electrons. The van der Waals surface area contributed by atoms with Crippen LogP contribution < -0.4 is 0 Å². The maximum atomic E-state index is 12.8. The summed E-state index contributed by atoms with van der Waals surface area (Å²) in [5.41, 5.74) is 1.02. The second kappa shape index (κ2) is 4.69. The van der Waals surface area contributed by atoms with Gasteiger partial charge in [-0.05, 0) is 18.3 Å². The number of hydrogen-bond donors (Lipinski definition) is 1. The zero-order chi connectivity index (χ0) is 15.2.